The second-order valence-corrected chi connectivity index (χ2v) is 5.87. The smallest absolute Gasteiger partial charge is 0.328 e. The Morgan fingerprint density at radius 3 is 2.15 bits per heavy atom. The molecule has 2 saturated carbocycles. The molecular formula is C15H25NO4. The summed E-state index contributed by atoms with van der Waals surface area (Å²) in [5.74, 6) is 0.765. The van der Waals surface area contributed by atoms with Gasteiger partial charge in [-0.25, -0.2) is 9.59 Å². The van der Waals surface area contributed by atoms with Gasteiger partial charge >= 0.3 is 11.9 Å². The van der Waals surface area contributed by atoms with Gasteiger partial charge in [0, 0.05) is 18.2 Å². The maximum atomic E-state index is 9.55. The molecular weight excluding hydrogens is 258 g/mol. The second kappa shape index (κ2) is 8.04. The molecule has 4 unspecified atom stereocenters. The van der Waals surface area contributed by atoms with Gasteiger partial charge in [0.2, 0.25) is 0 Å². The molecule has 3 N–H and O–H groups in total. The maximum Gasteiger partial charge on any atom is 0.328 e. The highest BCUT2D eigenvalue weighted by Gasteiger charge is 2.39. The van der Waals surface area contributed by atoms with Crippen LogP contribution in [0.3, 0.4) is 0 Å². The van der Waals surface area contributed by atoms with Gasteiger partial charge in [-0.2, -0.15) is 0 Å². The van der Waals surface area contributed by atoms with Crippen LogP contribution in [0.1, 0.15) is 39.0 Å². The Labute approximate surface area is 120 Å². The zero-order chi connectivity index (χ0) is 15.1. The van der Waals surface area contributed by atoms with Crippen molar-refractivity contribution in [1.82, 2.24) is 5.32 Å². The molecule has 0 amide bonds. The number of carbonyl (C=O) groups is 2. The number of hydrogen-bond acceptors (Lipinski definition) is 3. The lowest BCUT2D eigenvalue weighted by Crippen LogP contribution is -2.26. The van der Waals surface area contributed by atoms with Crippen molar-refractivity contribution in [1.29, 1.82) is 0 Å². The van der Waals surface area contributed by atoms with Crippen LogP contribution in [0.5, 0.6) is 0 Å². The molecule has 2 bridgehead atoms. The molecule has 0 aromatic rings. The molecule has 0 aliphatic heterocycles. The summed E-state index contributed by atoms with van der Waals surface area (Å²) in [4.78, 5) is 19.1. The van der Waals surface area contributed by atoms with Gasteiger partial charge in [0.15, 0.2) is 0 Å². The Kier molecular flexibility index (Phi) is 6.71. The van der Waals surface area contributed by atoms with Crippen molar-refractivity contribution in [2.45, 2.75) is 45.1 Å². The number of fused-ring (bicyclic) bond motifs is 2. The molecule has 0 heterocycles. The van der Waals surface area contributed by atoms with Crippen LogP contribution in [-0.4, -0.2) is 35.2 Å². The first kappa shape index (κ1) is 16.7. The summed E-state index contributed by atoms with van der Waals surface area (Å²) < 4.78 is 0. The van der Waals surface area contributed by atoms with Crippen LogP contribution in [0.4, 0.5) is 0 Å². The van der Waals surface area contributed by atoms with Gasteiger partial charge in [0.25, 0.3) is 0 Å². The fraction of sp³-hybridized carbons (Fsp3) is 0.733. The fourth-order valence-corrected chi connectivity index (χ4v) is 3.38. The standard InChI is InChI=1S/C11H21N.C4H4O4/c1-8(12-2)5-11-7-9-3-4-10(11)6-9;5-3(6)1-2-4(7)8/h8-12H,3-7H2,1-2H3;1-2H,(H,5,6)(H,7,8)/b;2-1-. The molecule has 2 aliphatic carbocycles. The Morgan fingerprint density at radius 1 is 1.20 bits per heavy atom. The molecule has 5 heteroatoms. The molecule has 0 radical (unpaired) electrons. The average molecular weight is 283 g/mol. The first-order valence-electron chi connectivity index (χ1n) is 7.23. The quantitative estimate of drug-likeness (QED) is 0.673. The molecule has 114 valence electrons. The normalized spacial score (nSPS) is 29.0. The van der Waals surface area contributed by atoms with E-state index in [2.05, 4.69) is 19.3 Å². The van der Waals surface area contributed by atoms with Gasteiger partial charge in [0.1, 0.15) is 0 Å². The van der Waals surface area contributed by atoms with Gasteiger partial charge in [-0.3, -0.25) is 0 Å². The minimum Gasteiger partial charge on any atom is -0.478 e. The molecule has 0 spiro atoms. The predicted octanol–water partition coefficient (Wildman–Crippen LogP) is 2.13. The lowest BCUT2D eigenvalue weighted by molar-refractivity contribution is -0.134. The molecule has 2 aliphatic rings. The number of hydrogen-bond donors (Lipinski definition) is 3. The molecule has 4 atom stereocenters. The molecule has 0 aromatic heterocycles. The molecule has 0 saturated heterocycles. The van der Waals surface area contributed by atoms with Crippen LogP contribution < -0.4 is 5.32 Å². The zero-order valence-electron chi connectivity index (χ0n) is 12.2. The lowest BCUT2D eigenvalue weighted by atomic mass is 9.84. The molecule has 0 aromatic carbocycles. The van der Waals surface area contributed by atoms with Gasteiger partial charge < -0.3 is 15.5 Å². The monoisotopic (exact) mass is 283 g/mol. The fourth-order valence-electron chi connectivity index (χ4n) is 3.38. The second-order valence-electron chi connectivity index (χ2n) is 5.87. The van der Waals surface area contributed by atoms with E-state index in [9.17, 15) is 9.59 Å². The van der Waals surface area contributed by atoms with Gasteiger partial charge in [-0.05, 0) is 57.4 Å². The summed E-state index contributed by atoms with van der Waals surface area (Å²) in [5.41, 5.74) is 0. The highest BCUT2D eigenvalue weighted by Crippen LogP contribution is 2.49. The Hall–Kier alpha value is -1.36. The van der Waals surface area contributed by atoms with E-state index >= 15 is 0 Å². The van der Waals surface area contributed by atoms with Crippen molar-refractivity contribution in [3.8, 4) is 0 Å². The summed E-state index contributed by atoms with van der Waals surface area (Å²) in [6.07, 6.45) is 8.70. The SMILES string of the molecule is CNC(C)CC1CC2CCC1C2.O=C(O)/C=C\C(=O)O. The van der Waals surface area contributed by atoms with Crippen molar-refractivity contribution >= 4 is 11.9 Å². The number of carboxylic acids is 2. The van der Waals surface area contributed by atoms with Crippen LogP contribution in [0.2, 0.25) is 0 Å². The van der Waals surface area contributed by atoms with Crippen molar-refractivity contribution in [3.05, 3.63) is 12.2 Å². The summed E-state index contributed by atoms with van der Waals surface area (Å²) >= 11 is 0. The Bertz CT molecular complexity index is 351. The van der Waals surface area contributed by atoms with E-state index in [0.717, 1.165) is 23.8 Å². The minimum atomic E-state index is -1.26. The first-order valence-corrected chi connectivity index (χ1v) is 7.23. The van der Waals surface area contributed by atoms with E-state index in [1.807, 2.05) is 0 Å². The predicted molar refractivity (Wildman–Crippen MR) is 76.5 cm³/mol. The van der Waals surface area contributed by atoms with Crippen LogP contribution in [-0.2, 0) is 9.59 Å². The largest absolute Gasteiger partial charge is 0.478 e. The van der Waals surface area contributed by atoms with Gasteiger partial charge in [-0.1, -0.05) is 6.42 Å². The van der Waals surface area contributed by atoms with Gasteiger partial charge in [-0.15, -0.1) is 0 Å². The van der Waals surface area contributed by atoms with E-state index in [0.29, 0.717) is 12.2 Å². The molecule has 20 heavy (non-hydrogen) atoms. The summed E-state index contributed by atoms with van der Waals surface area (Å²) in [5, 5.41) is 19.0. The topological polar surface area (TPSA) is 86.6 Å². The highest BCUT2D eigenvalue weighted by atomic mass is 16.4. The van der Waals surface area contributed by atoms with Crippen LogP contribution in [0.15, 0.2) is 12.2 Å². The van der Waals surface area contributed by atoms with Crippen LogP contribution >= 0.6 is 0 Å². The van der Waals surface area contributed by atoms with E-state index in [1.165, 1.54) is 25.7 Å². The third-order valence-electron chi connectivity index (χ3n) is 4.40. The average Bonchev–Trinajstić information content (AvgIpc) is 2.99. The van der Waals surface area contributed by atoms with E-state index in [-0.39, 0.29) is 0 Å². The van der Waals surface area contributed by atoms with Crippen molar-refractivity contribution in [3.63, 3.8) is 0 Å². The molecule has 5 nitrogen and oxygen atoms in total. The van der Waals surface area contributed by atoms with E-state index < -0.39 is 11.9 Å². The third-order valence-corrected chi connectivity index (χ3v) is 4.40. The third kappa shape index (κ3) is 5.74. The van der Waals surface area contributed by atoms with Crippen molar-refractivity contribution in [2.24, 2.45) is 17.8 Å². The number of nitrogens with one attached hydrogen (secondary N) is 1. The molecule has 2 rings (SSSR count). The maximum absolute atomic E-state index is 9.55. The highest BCUT2D eigenvalue weighted by molar-refractivity contribution is 5.89. The van der Waals surface area contributed by atoms with Gasteiger partial charge in [0.05, 0.1) is 0 Å². The summed E-state index contributed by atoms with van der Waals surface area (Å²) in [7, 11) is 2.08. The van der Waals surface area contributed by atoms with Crippen LogP contribution in [0.25, 0.3) is 0 Å². The number of aliphatic carboxylic acids is 2. The Morgan fingerprint density at radius 2 is 1.80 bits per heavy atom. The Balaban J connectivity index is 0.000000221. The first-order chi connectivity index (χ1) is 9.42. The van der Waals surface area contributed by atoms with Crippen molar-refractivity contribution < 1.29 is 19.8 Å². The minimum absolute atomic E-state index is 0.558. The van der Waals surface area contributed by atoms with Crippen LogP contribution in [0, 0.1) is 17.8 Å². The number of rotatable bonds is 5. The lowest BCUT2D eigenvalue weighted by Gasteiger charge is -2.24. The number of carboxylic acid groups (broad SMARTS) is 2. The summed E-state index contributed by atoms with van der Waals surface area (Å²) in [6, 6.07) is 0.731. The van der Waals surface area contributed by atoms with Crippen molar-refractivity contribution in [2.75, 3.05) is 7.05 Å². The zero-order valence-corrected chi connectivity index (χ0v) is 12.2. The van der Waals surface area contributed by atoms with E-state index in [4.69, 9.17) is 10.2 Å². The molecule has 2 fully saturated rings. The van der Waals surface area contributed by atoms with E-state index in [1.54, 1.807) is 6.42 Å². The summed E-state index contributed by atoms with van der Waals surface area (Å²) in [6.45, 7) is 2.31.